The molecule has 2 aromatic carbocycles. The van der Waals surface area contributed by atoms with Crippen LogP contribution in [0.5, 0.6) is 5.75 Å². The monoisotopic (exact) mass is 388 g/mol. The molecule has 3 aromatic rings. The van der Waals surface area contributed by atoms with Gasteiger partial charge in [-0.15, -0.1) is 5.10 Å². The lowest BCUT2D eigenvalue weighted by Gasteiger charge is -2.21. The fourth-order valence-corrected chi connectivity index (χ4v) is 3.99. The van der Waals surface area contributed by atoms with Crippen molar-refractivity contribution in [3.63, 3.8) is 0 Å². The Bertz CT molecular complexity index is 960. The van der Waals surface area contributed by atoms with Crippen LogP contribution >= 0.6 is 23.4 Å². The maximum atomic E-state index is 6.24. The number of benzene rings is 2. The molecule has 8 heteroatoms. The molecule has 0 aliphatic carbocycles. The van der Waals surface area contributed by atoms with Crippen LogP contribution in [-0.4, -0.2) is 27.0 Å². The highest BCUT2D eigenvalue weighted by atomic mass is 35.5. The third-order valence-electron chi connectivity index (χ3n) is 4.14. The first-order valence-electron chi connectivity index (χ1n) is 8.12. The molecule has 0 amide bonds. The van der Waals surface area contributed by atoms with Gasteiger partial charge in [-0.1, -0.05) is 35.5 Å². The Morgan fingerprint density at radius 3 is 3.00 bits per heavy atom. The van der Waals surface area contributed by atoms with E-state index < -0.39 is 0 Å². The molecule has 0 spiro atoms. The molecule has 134 valence electrons. The van der Waals surface area contributed by atoms with E-state index in [4.69, 9.17) is 21.1 Å². The van der Waals surface area contributed by atoms with Gasteiger partial charge in [-0.05, 0) is 53.6 Å². The Morgan fingerprint density at radius 1 is 1.23 bits per heavy atom. The van der Waals surface area contributed by atoms with Crippen molar-refractivity contribution in [2.45, 2.75) is 31.4 Å². The van der Waals surface area contributed by atoms with E-state index in [2.05, 4.69) is 40.6 Å². The Morgan fingerprint density at radius 2 is 2.12 bits per heavy atom. The molecule has 1 aliphatic heterocycles. The van der Waals surface area contributed by atoms with Crippen molar-refractivity contribution < 1.29 is 9.47 Å². The van der Waals surface area contributed by atoms with Crippen LogP contribution < -0.4 is 4.74 Å². The number of aromatic nitrogens is 4. The second-order valence-corrected chi connectivity index (χ2v) is 7.49. The van der Waals surface area contributed by atoms with E-state index in [1.54, 1.807) is 16.4 Å². The van der Waals surface area contributed by atoms with Gasteiger partial charge in [-0.3, -0.25) is 0 Å². The first kappa shape index (κ1) is 17.3. The number of fused-ring (bicyclic) bond motifs is 1. The Balaban J connectivity index is 1.62. The minimum atomic E-state index is 0.256. The zero-order valence-corrected chi connectivity index (χ0v) is 16.0. The van der Waals surface area contributed by atoms with Gasteiger partial charge in [0.1, 0.15) is 5.75 Å². The number of thioether (sulfide) groups is 1. The van der Waals surface area contributed by atoms with Gasteiger partial charge in [0.25, 0.3) is 0 Å². The summed E-state index contributed by atoms with van der Waals surface area (Å²) < 4.78 is 12.8. The molecule has 1 aromatic heterocycles. The normalized spacial score (nSPS) is 13.3. The van der Waals surface area contributed by atoms with Crippen molar-refractivity contribution in [3.05, 3.63) is 57.6 Å². The number of nitrogens with zero attached hydrogens (tertiary/aromatic N) is 4. The number of hydrogen-bond acceptors (Lipinski definition) is 6. The van der Waals surface area contributed by atoms with Crippen molar-refractivity contribution in [1.82, 2.24) is 20.2 Å². The highest BCUT2D eigenvalue weighted by Crippen LogP contribution is 2.35. The molecule has 0 unspecified atom stereocenters. The molecule has 4 rings (SSSR count). The minimum absolute atomic E-state index is 0.256. The summed E-state index contributed by atoms with van der Waals surface area (Å²) >= 11 is 7.79. The largest absolute Gasteiger partial charge is 0.467 e. The summed E-state index contributed by atoms with van der Waals surface area (Å²) in [6.07, 6.45) is 0. The quantitative estimate of drug-likeness (QED) is 0.627. The first-order chi connectivity index (χ1) is 12.6. The fourth-order valence-electron chi connectivity index (χ4n) is 2.87. The summed E-state index contributed by atoms with van der Waals surface area (Å²) in [5, 5.41) is 13.6. The summed E-state index contributed by atoms with van der Waals surface area (Å²) in [6.45, 7) is 4.87. The second kappa shape index (κ2) is 7.26. The van der Waals surface area contributed by atoms with Gasteiger partial charge >= 0.3 is 0 Å². The topological polar surface area (TPSA) is 62.1 Å². The lowest BCUT2D eigenvalue weighted by atomic mass is 10.1. The van der Waals surface area contributed by atoms with Gasteiger partial charge in [-0.25, -0.2) is 0 Å². The zero-order chi connectivity index (χ0) is 18.1. The molecule has 0 N–H and O–H groups in total. The molecule has 0 saturated carbocycles. The van der Waals surface area contributed by atoms with Crippen LogP contribution in [0.4, 0.5) is 0 Å². The number of tetrazole rings is 1. The second-order valence-electron chi connectivity index (χ2n) is 6.12. The lowest BCUT2D eigenvalue weighted by Crippen LogP contribution is -2.13. The zero-order valence-electron chi connectivity index (χ0n) is 14.4. The van der Waals surface area contributed by atoms with Crippen LogP contribution in [0.2, 0.25) is 5.02 Å². The van der Waals surface area contributed by atoms with E-state index in [1.165, 1.54) is 0 Å². The van der Waals surface area contributed by atoms with E-state index in [9.17, 15) is 0 Å². The molecular formula is C18H17ClN4O2S. The van der Waals surface area contributed by atoms with Crippen LogP contribution in [0.15, 0.2) is 35.5 Å². The van der Waals surface area contributed by atoms with Crippen LogP contribution in [0, 0.1) is 13.8 Å². The molecule has 0 radical (unpaired) electrons. The van der Waals surface area contributed by atoms with Gasteiger partial charge < -0.3 is 9.47 Å². The number of ether oxygens (including phenoxy) is 2. The molecule has 1 aliphatic rings. The van der Waals surface area contributed by atoms with Gasteiger partial charge in [0.05, 0.1) is 12.3 Å². The van der Waals surface area contributed by atoms with E-state index in [1.807, 2.05) is 19.1 Å². The van der Waals surface area contributed by atoms with Crippen LogP contribution in [0.1, 0.15) is 22.3 Å². The average molecular weight is 389 g/mol. The minimum Gasteiger partial charge on any atom is -0.467 e. The van der Waals surface area contributed by atoms with Crippen molar-refractivity contribution in [1.29, 1.82) is 0 Å². The molecule has 6 nitrogen and oxygen atoms in total. The van der Waals surface area contributed by atoms with Crippen LogP contribution in [0.25, 0.3) is 5.69 Å². The number of rotatable bonds is 4. The van der Waals surface area contributed by atoms with Gasteiger partial charge in [0.15, 0.2) is 6.79 Å². The predicted octanol–water partition coefficient (Wildman–Crippen LogP) is 4.09. The first-order valence-corrected chi connectivity index (χ1v) is 9.49. The fraction of sp³-hybridized carbons (Fsp3) is 0.278. The molecule has 0 bridgehead atoms. The summed E-state index contributed by atoms with van der Waals surface area (Å²) in [6, 6.07) is 10.0. The van der Waals surface area contributed by atoms with Gasteiger partial charge in [-0.2, -0.15) is 4.68 Å². The highest BCUT2D eigenvalue weighted by Gasteiger charge is 2.18. The van der Waals surface area contributed by atoms with Crippen molar-refractivity contribution in [2.24, 2.45) is 0 Å². The van der Waals surface area contributed by atoms with Crippen molar-refractivity contribution in [2.75, 3.05) is 6.79 Å². The van der Waals surface area contributed by atoms with Crippen LogP contribution in [-0.2, 0) is 17.1 Å². The van der Waals surface area contributed by atoms with E-state index in [0.717, 1.165) is 38.8 Å². The van der Waals surface area contributed by atoms with Crippen molar-refractivity contribution >= 4 is 23.4 Å². The summed E-state index contributed by atoms with van der Waals surface area (Å²) in [5.74, 6) is 1.49. The molecule has 0 fully saturated rings. The van der Waals surface area contributed by atoms with Gasteiger partial charge in [0, 0.05) is 21.9 Å². The Kier molecular flexibility index (Phi) is 4.84. The SMILES string of the molecule is Cc1ccc(C)c(-n2nnnc2SCc2cc(Cl)cc3c2OCOC3)c1. The van der Waals surface area contributed by atoms with Crippen LogP contribution in [0.3, 0.4) is 0 Å². The van der Waals surface area contributed by atoms with E-state index in [0.29, 0.717) is 17.4 Å². The maximum Gasteiger partial charge on any atom is 0.214 e. The third-order valence-corrected chi connectivity index (χ3v) is 5.33. The molecule has 2 heterocycles. The third kappa shape index (κ3) is 3.42. The summed E-state index contributed by atoms with van der Waals surface area (Å²) in [7, 11) is 0. The molecule has 26 heavy (non-hydrogen) atoms. The standard InChI is InChI=1S/C18H17ClN4O2S/c1-11-3-4-12(2)16(5-11)23-18(20-21-22-23)26-9-14-7-15(19)6-13-8-24-10-25-17(13)14/h3-7H,8-10H2,1-2H3. The van der Waals surface area contributed by atoms with E-state index >= 15 is 0 Å². The molecule has 0 saturated heterocycles. The Hall–Kier alpha value is -2.09. The summed E-state index contributed by atoms with van der Waals surface area (Å²) in [5.41, 5.74) is 5.24. The smallest absolute Gasteiger partial charge is 0.214 e. The highest BCUT2D eigenvalue weighted by molar-refractivity contribution is 7.98. The Labute approximate surface area is 160 Å². The number of aryl methyl sites for hydroxylation is 2. The summed E-state index contributed by atoms with van der Waals surface area (Å²) in [4.78, 5) is 0. The van der Waals surface area contributed by atoms with Gasteiger partial charge in [0.2, 0.25) is 5.16 Å². The lowest BCUT2D eigenvalue weighted by molar-refractivity contribution is -0.0168. The number of halogens is 1. The average Bonchev–Trinajstić information content (AvgIpc) is 3.10. The molecule has 0 atom stereocenters. The van der Waals surface area contributed by atoms with E-state index in [-0.39, 0.29) is 6.79 Å². The van der Waals surface area contributed by atoms with Crippen molar-refractivity contribution in [3.8, 4) is 11.4 Å². The predicted molar refractivity (Wildman–Crippen MR) is 99.9 cm³/mol. The molecular weight excluding hydrogens is 372 g/mol. The number of hydrogen-bond donors (Lipinski definition) is 0. The maximum absolute atomic E-state index is 6.24.